The van der Waals surface area contributed by atoms with E-state index in [0.717, 1.165) is 44.5 Å². The van der Waals surface area contributed by atoms with Crippen LogP contribution in [0.3, 0.4) is 0 Å². The SMILES string of the molecule is O=C1Nc2nc(Br)ccc2COCCCCOC[C@@]23C[C@@H]1N[C@@H]2C3. The molecule has 7 heteroatoms. The maximum Gasteiger partial charge on any atom is 0.242 e. The van der Waals surface area contributed by atoms with Gasteiger partial charge in [0.15, 0.2) is 0 Å². The first-order valence-corrected chi connectivity index (χ1v) is 9.33. The first kappa shape index (κ1) is 16.4. The van der Waals surface area contributed by atoms with Gasteiger partial charge in [0, 0.05) is 30.2 Å². The fraction of sp³-hybridized carbons (Fsp3) is 0.647. The van der Waals surface area contributed by atoms with Crippen LogP contribution in [0.4, 0.5) is 5.82 Å². The summed E-state index contributed by atoms with van der Waals surface area (Å²) < 4.78 is 12.3. The summed E-state index contributed by atoms with van der Waals surface area (Å²) >= 11 is 3.37. The maximum atomic E-state index is 12.6. The molecular weight excluding hydrogens is 374 g/mol. The molecule has 2 bridgehead atoms. The number of nitrogens with zero attached hydrogens (tertiary/aromatic N) is 1. The summed E-state index contributed by atoms with van der Waals surface area (Å²) in [6, 6.07) is 4.05. The minimum Gasteiger partial charge on any atom is -0.381 e. The van der Waals surface area contributed by atoms with Crippen LogP contribution < -0.4 is 10.6 Å². The first-order valence-electron chi connectivity index (χ1n) is 8.54. The molecule has 4 rings (SSSR count). The van der Waals surface area contributed by atoms with Crippen LogP contribution >= 0.6 is 15.9 Å². The van der Waals surface area contributed by atoms with Gasteiger partial charge < -0.3 is 20.1 Å². The highest BCUT2D eigenvalue weighted by Crippen LogP contribution is 2.54. The Labute approximate surface area is 149 Å². The van der Waals surface area contributed by atoms with Gasteiger partial charge in [-0.1, -0.05) is 6.07 Å². The van der Waals surface area contributed by atoms with Gasteiger partial charge in [0.05, 0.1) is 19.3 Å². The van der Waals surface area contributed by atoms with Crippen LogP contribution in [-0.2, 0) is 20.9 Å². The molecule has 2 N–H and O–H groups in total. The number of anilines is 1. The Kier molecular flexibility index (Phi) is 4.60. The van der Waals surface area contributed by atoms with E-state index in [9.17, 15) is 4.79 Å². The van der Waals surface area contributed by atoms with E-state index in [4.69, 9.17) is 9.47 Å². The summed E-state index contributed by atoms with van der Waals surface area (Å²) in [6.45, 7) is 2.64. The Morgan fingerprint density at radius 1 is 1.21 bits per heavy atom. The molecule has 1 aliphatic carbocycles. The van der Waals surface area contributed by atoms with Crippen molar-refractivity contribution in [2.75, 3.05) is 25.1 Å². The smallest absolute Gasteiger partial charge is 0.242 e. The van der Waals surface area contributed by atoms with E-state index in [1.54, 1.807) is 0 Å². The summed E-state index contributed by atoms with van der Waals surface area (Å²) in [6.07, 6.45) is 3.92. The molecule has 3 aliphatic rings. The molecule has 0 aromatic carbocycles. The van der Waals surface area contributed by atoms with Crippen molar-refractivity contribution in [3.05, 3.63) is 22.3 Å². The van der Waals surface area contributed by atoms with E-state index in [2.05, 4.69) is 31.5 Å². The quantitative estimate of drug-likeness (QED) is 0.659. The zero-order valence-electron chi connectivity index (χ0n) is 13.5. The van der Waals surface area contributed by atoms with E-state index < -0.39 is 0 Å². The number of aromatic nitrogens is 1. The van der Waals surface area contributed by atoms with Crippen LogP contribution in [0.2, 0.25) is 0 Å². The molecule has 1 spiro atoms. The number of rotatable bonds is 0. The normalized spacial score (nSPS) is 33.6. The Morgan fingerprint density at radius 2 is 2.04 bits per heavy atom. The summed E-state index contributed by atoms with van der Waals surface area (Å²) in [5, 5.41) is 6.41. The number of fused-ring (bicyclic) bond motifs is 2. The molecule has 1 saturated heterocycles. The molecule has 0 radical (unpaired) electrons. The lowest BCUT2D eigenvalue weighted by Crippen LogP contribution is -2.38. The molecule has 1 saturated carbocycles. The number of nitrogens with one attached hydrogen (secondary N) is 2. The van der Waals surface area contributed by atoms with Crippen molar-refractivity contribution < 1.29 is 14.3 Å². The molecule has 6 nitrogen and oxygen atoms in total. The minimum atomic E-state index is -0.174. The van der Waals surface area contributed by atoms with Crippen molar-refractivity contribution in [3.63, 3.8) is 0 Å². The van der Waals surface area contributed by atoms with Crippen LogP contribution in [0, 0.1) is 5.41 Å². The van der Waals surface area contributed by atoms with Crippen molar-refractivity contribution in [1.82, 2.24) is 10.3 Å². The van der Waals surface area contributed by atoms with E-state index >= 15 is 0 Å². The van der Waals surface area contributed by atoms with Crippen molar-refractivity contribution in [3.8, 4) is 0 Å². The Balaban J connectivity index is 1.53. The molecule has 1 aromatic heterocycles. The van der Waals surface area contributed by atoms with Gasteiger partial charge in [0.2, 0.25) is 5.91 Å². The standard InChI is InChI=1S/C17H22BrN3O3/c18-14-4-3-11-9-23-5-1-2-6-24-10-17-7-12(19-13(17)8-17)16(22)21-15(11)20-14/h3-4,12-13,19H,1-2,5-10H2,(H,20,21,22)/t12-,13+,17-/m0/s1. The van der Waals surface area contributed by atoms with E-state index in [0.29, 0.717) is 29.7 Å². The van der Waals surface area contributed by atoms with E-state index in [1.807, 2.05) is 12.1 Å². The second kappa shape index (κ2) is 6.71. The number of piperidine rings is 1. The predicted molar refractivity (Wildman–Crippen MR) is 92.7 cm³/mol. The van der Waals surface area contributed by atoms with Crippen LogP contribution in [0.25, 0.3) is 0 Å². The van der Waals surface area contributed by atoms with Crippen LogP contribution in [-0.4, -0.2) is 42.8 Å². The molecule has 3 atom stereocenters. The molecule has 0 unspecified atom stereocenters. The van der Waals surface area contributed by atoms with Crippen molar-refractivity contribution >= 4 is 27.7 Å². The van der Waals surface area contributed by atoms with E-state index in [-0.39, 0.29) is 17.4 Å². The number of halogens is 1. The summed E-state index contributed by atoms with van der Waals surface area (Å²) in [4.78, 5) is 17.1. The van der Waals surface area contributed by atoms with Crippen molar-refractivity contribution in [1.29, 1.82) is 0 Å². The number of ether oxygens (including phenoxy) is 2. The second-order valence-electron chi connectivity index (χ2n) is 6.99. The number of pyridine rings is 1. The number of carbonyl (C=O) groups excluding carboxylic acids is 1. The Bertz CT molecular complexity index is 642. The van der Waals surface area contributed by atoms with Gasteiger partial charge in [-0.3, -0.25) is 4.79 Å². The first-order chi connectivity index (χ1) is 11.7. The Morgan fingerprint density at radius 3 is 2.92 bits per heavy atom. The highest BCUT2D eigenvalue weighted by molar-refractivity contribution is 9.10. The number of amides is 1. The molecule has 2 fully saturated rings. The third-order valence-corrected chi connectivity index (χ3v) is 5.62. The average Bonchev–Trinajstić information content (AvgIpc) is 3.11. The second-order valence-corrected chi connectivity index (χ2v) is 7.80. The fourth-order valence-electron chi connectivity index (χ4n) is 3.66. The minimum absolute atomic E-state index is 0.0247. The average molecular weight is 396 g/mol. The third-order valence-electron chi connectivity index (χ3n) is 5.18. The highest BCUT2D eigenvalue weighted by Gasteiger charge is 2.61. The summed E-state index contributed by atoms with van der Waals surface area (Å²) in [7, 11) is 0. The molecule has 130 valence electrons. The lowest BCUT2D eigenvalue weighted by Gasteiger charge is -2.17. The number of carbonyl (C=O) groups is 1. The van der Waals surface area contributed by atoms with Gasteiger partial charge in [-0.15, -0.1) is 0 Å². The Hall–Kier alpha value is -1.02. The van der Waals surface area contributed by atoms with Crippen LogP contribution in [0.15, 0.2) is 16.7 Å². The predicted octanol–water partition coefficient (Wildman–Crippen LogP) is 2.23. The molecule has 3 heterocycles. The lowest BCUT2D eigenvalue weighted by atomic mass is 10.0. The van der Waals surface area contributed by atoms with Gasteiger partial charge in [-0.2, -0.15) is 0 Å². The van der Waals surface area contributed by atoms with Gasteiger partial charge in [-0.05, 0) is 47.7 Å². The molecular formula is C17H22BrN3O3. The fourth-order valence-corrected chi connectivity index (χ4v) is 3.97. The maximum absolute atomic E-state index is 12.6. The van der Waals surface area contributed by atoms with Gasteiger partial charge >= 0.3 is 0 Å². The van der Waals surface area contributed by atoms with Gasteiger partial charge in [-0.25, -0.2) is 4.98 Å². The van der Waals surface area contributed by atoms with Gasteiger partial charge in [0.1, 0.15) is 10.4 Å². The zero-order chi connectivity index (χ0) is 16.6. The van der Waals surface area contributed by atoms with Crippen LogP contribution in [0.1, 0.15) is 31.2 Å². The molecule has 2 aliphatic heterocycles. The molecule has 1 amide bonds. The van der Waals surface area contributed by atoms with Crippen molar-refractivity contribution in [2.45, 2.75) is 44.4 Å². The van der Waals surface area contributed by atoms with Gasteiger partial charge in [0.25, 0.3) is 0 Å². The number of hydrogen-bond acceptors (Lipinski definition) is 5. The van der Waals surface area contributed by atoms with Crippen LogP contribution in [0.5, 0.6) is 0 Å². The zero-order valence-corrected chi connectivity index (χ0v) is 15.1. The lowest BCUT2D eigenvalue weighted by molar-refractivity contribution is -0.118. The number of hydrogen-bond donors (Lipinski definition) is 2. The van der Waals surface area contributed by atoms with Crippen molar-refractivity contribution in [2.24, 2.45) is 5.41 Å². The third kappa shape index (κ3) is 3.35. The van der Waals surface area contributed by atoms with E-state index in [1.165, 1.54) is 0 Å². The summed E-state index contributed by atoms with van der Waals surface area (Å²) in [5.74, 6) is 0.556. The largest absolute Gasteiger partial charge is 0.381 e. The topological polar surface area (TPSA) is 72.5 Å². The monoisotopic (exact) mass is 395 g/mol. The summed E-state index contributed by atoms with van der Waals surface area (Å²) in [5.41, 5.74) is 1.06. The molecule has 24 heavy (non-hydrogen) atoms. The molecule has 1 aromatic rings. The highest BCUT2D eigenvalue weighted by atomic mass is 79.9.